The van der Waals surface area contributed by atoms with E-state index >= 15 is 0 Å². The fourth-order valence-electron chi connectivity index (χ4n) is 1.93. The average Bonchev–Trinajstić information content (AvgIpc) is 2.32. The molecule has 0 aromatic carbocycles. The summed E-state index contributed by atoms with van der Waals surface area (Å²) in [6.07, 6.45) is 2.70. The van der Waals surface area contributed by atoms with E-state index in [2.05, 4.69) is 11.1 Å². The Kier molecular flexibility index (Phi) is 8.98. The van der Waals surface area contributed by atoms with Crippen LogP contribution in [0.2, 0.25) is 0 Å². The van der Waals surface area contributed by atoms with E-state index in [1.165, 1.54) is 6.92 Å². The number of carbonyl (C=O) groups excluding carboxylic acids is 1. The van der Waals surface area contributed by atoms with Gasteiger partial charge in [0.15, 0.2) is 0 Å². The molecule has 7 heteroatoms. The van der Waals surface area contributed by atoms with Crippen molar-refractivity contribution in [2.75, 3.05) is 6.61 Å². The number of carbonyl (C=O) groups is 1. The Labute approximate surface area is 120 Å². The number of hydrogen-bond donors (Lipinski definition) is 2. The van der Waals surface area contributed by atoms with Gasteiger partial charge in [-0.15, -0.1) is 0 Å². The largest absolute Gasteiger partial charge is 0.469 e. The lowest BCUT2D eigenvalue weighted by atomic mass is 9.92. The van der Waals surface area contributed by atoms with Crippen LogP contribution < -0.4 is 0 Å². The minimum Gasteiger partial charge on any atom is -0.456 e. The summed E-state index contributed by atoms with van der Waals surface area (Å²) in [4.78, 5) is 29.2. The maximum Gasteiger partial charge on any atom is 0.469 e. The predicted octanol–water partition coefficient (Wildman–Crippen LogP) is 2.80. The first-order chi connectivity index (χ1) is 9.21. The highest BCUT2D eigenvalue weighted by Crippen LogP contribution is 2.37. The zero-order valence-electron chi connectivity index (χ0n) is 12.4. The second-order valence-corrected chi connectivity index (χ2v) is 6.09. The summed E-state index contributed by atoms with van der Waals surface area (Å²) in [5, 5.41) is 0. The van der Waals surface area contributed by atoms with Crippen LogP contribution in [0.4, 0.5) is 0 Å². The Morgan fingerprint density at radius 3 is 2.10 bits per heavy atom. The van der Waals surface area contributed by atoms with Gasteiger partial charge >= 0.3 is 13.8 Å². The van der Waals surface area contributed by atoms with Gasteiger partial charge in [0.25, 0.3) is 0 Å². The van der Waals surface area contributed by atoms with E-state index in [1.54, 1.807) is 0 Å². The molecule has 0 spiro atoms. The van der Waals surface area contributed by atoms with Crippen LogP contribution >= 0.6 is 7.82 Å². The van der Waals surface area contributed by atoms with Crippen molar-refractivity contribution in [3.8, 4) is 0 Å². The molecule has 0 aromatic rings. The Bertz CT molecular complexity index is 356. The number of rotatable bonds is 10. The lowest BCUT2D eigenvalue weighted by molar-refractivity contribution is -0.149. The summed E-state index contributed by atoms with van der Waals surface area (Å²) in [5.41, 5.74) is 0.248. The molecular weight excluding hydrogens is 283 g/mol. The van der Waals surface area contributed by atoms with E-state index in [0.29, 0.717) is 0 Å². The maximum atomic E-state index is 11.6. The predicted molar refractivity (Wildman–Crippen MR) is 76.0 cm³/mol. The number of phosphoric acid groups is 1. The molecule has 1 atom stereocenters. The quantitative estimate of drug-likeness (QED) is 0.366. The van der Waals surface area contributed by atoms with Crippen molar-refractivity contribution in [2.24, 2.45) is 5.92 Å². The summed E-state index contributed by atoms with van der Waals surface area (Å²) >= 11 is 0. The van der Waals surface area contributed by atoms with Crippen LogP contribution in [0, 0.1) is 5.92 Å². The molecule has 118 valence electrons. The van der Waals surface area contributed by atoms with E-state index in [4.69, 9.17) is 14.5 Å². The van der Waals surface area contributed by atoms with Crippen molar-refractivity contribution in [1.29, 1.82) is 0 Å². The SMILES string of the molecule is C=C(C)C(=O)OC(COP(=O)(O)O)C(CCC)CCC. The van der Waals surface area contributed by atoms with E-state index in [1.807, 2.05) is 13.8 Å². The second-order valence-electron chi connectivity index (χ2n) is 4.85. The van der Waals surface area contributed by atoms with Crippen LogP contribution in [0.15, 0.2) is 12.2 Å². The van der Waals surface area contributed by atoms with Gasteiger partial charge in [-0.2, -0.15) is 0 Å². The molecule has 0 aromatic heterocycles. The molecule has 0 saturated carbocycles. The summed E-state index contributed by atoms with van der Waals surface area (Å²) in [6.45, 7) is 8.72. The summed E-state index contributed by atoms with van der Waals surface area (Å²) in [5.74, 6) is -0.554. The Hall–Kier alpha value is -0.680. The van der Waals surface area contributed by atoms with Gasteiger partial charge in [-0.05, 0) is 25.7 Å². The average molecular weight is 308 g/mol. The molecule has 1 unspecified atom stereocenters. The molecule has 20 heavy (non-hydrogen) atoms. The van der Waals surface area contributed by atoms with Gasteiger partial charge in [0, 0.05) is 5.57 Å². The van der Waals surface area contributed by atoms with E-state index < -0.39 is 19.9 Å². The van der Waals surface area contributed by atoms with Crippen LogP contribution in [0.5, 0.6) is 0 Å². The number of esters is 1. The van der Waals surface area contributed by atoms with Crippen molar-refractivity contribution in [2.45, 2.75) is 52.6 Å². The highest BCUT2D eigenvalue weighted by Gasteiger charge is 2.27. The smallest absolute Gasteiger partial charge is 0.456 e. The third-order valence-electron chi connectivity index (χ3n) is 2.86. The third-order valence-corrected chi connectivity index (χ3v) is 3.34. The van der Waals surface area contributed by atoms with Gasteiger partial charge in [-0.3, -0.25) is 4.52 Å². The highest BCUT2D eigenvalue weighted by molar-refractivity contribution is 7.46. The zero-order valence-corrected chi connectivity index (χ0v) is 13.3. The molecule has 2 N–H and O–H groups in total. The van der Waals surface area contributed by atoms with Crippen LogP contribution in [-0.4, -0.2) is 28.5 Å². The van der Waals surface area contributed by atoms with Crippen LogP contribution in [0.3, 0.4) is 0 Å². The third kappa shape index (κ3) is 8.48. The molecule has 0 amide bonds. The summed E-state index contributed by atoms with van der Waals surface area (Å²) in [6, 6.07) is 0. The van der Waals surface area contributed by atoms with Gasteiger partial charge in [0.2, 0.25) is 0 Å². The van der Waals surface area contributed by atoms with E-state index in [-0.39, 0.29) is 18.1 Å². The highest BCUT2D eigenvalue weighted by atomic mass is 31.2. The van der Waals surface area contributed by atoms with Crippen LogP contribution in [0.25, 0.3) is 0 Å². The van der Waals surface area contributed by atoms with Gasteiger partial charge in [-0.25, -0.2) is 9.36 Å². The van der Waals surface area contributed by atoms with Gasteiger partial charge in [0.05, 0.1) is 6.61 Å². The fourth-order valence-corrected chi connectivity index (χ4v) is 2.27. The van der Waals surface area contributed by atoms with Crippen molar-refractivity contribution in [3.63, 3.8) is 0 Å². The molecule has 0 aliphatic rings. The minimum absolute atomic E-state index is 0.0137. The van der Waals surface area contributed by atoms with Crippen molar-refractivity contribution in [3.05, 3.63) is 12.2 Å². The van der Waals surface area contributed by atoms with E-state index in [0.717, 1.165) is 25.7 Å². The standard InChI is InChI=1S/C13H25O6P/c1-5-7-11(8-6-2)12(9-18-20(15,16)17)19-13(14)10(3)4/h11-12H,3,5-9H2,1-2,4H3,(H2,15,16,17). The van der Waals surface area contributed by atoms with Gasteiger partial charge in [0.1, 0.15) is 6.10 Å². The molecule has 0 fully saturated rings. The Balaban J connectivity index is 4.85. The zero-order chi connectivity index (χ0) is 15.8. The molecule has 0 aliphatic carbocycles. The normalized spacial score (nSPS) is 13.3. The van der Waals surface area contributed by atoms with Crippen molar-refractivity contribution >= 4 is 13.8 Å². The van der Waals surface area contributed by atoms with E-state index in [9.17, 15) is 9.36 Å². The lowest BCUT2D eigenvalue weighted by Crippen LogP contribution is -2.31. The monoisotopic (exact) mass is 308 g/mol. The molecule has 0 heterocycles. The molecule has 0 bridgehead atoms. The van der Waals surface area contributed by atoms with Crippen molar-refractivity contribution in [1.82, 2.24) is 0 Å². The van der Waals surface area contributed by atoms with Crippen LogP contribution in [0.1, 0.15) is 46.5 Å². The Morgan fingerprint density at radius 1 is 1.25 bits per heavy atom. The van der Waals surface area contributed by atoms with Gasteiger partial charge < -0.3 is 14.5 Å². The Morgan fingerprint density at radius 2 is 1.75 bits per heavy atom. The molecule has 0 saturated heterocycles. The van der Waals surface area contributed by atoms with Crippen LogP contribution in [-0.2, 0) is 18.6 Å². The molecule has 6 nitrogen and oxygen atoms in total. The number of ether oxygens (including phenoxy) is 1. The van der Waals surface area contributed by atoms with Crippen molar-refractivity contribution < 1.29 is 28.4 Å². The molecule has 0 rings (SSSR count). The summed E-state index contributed by atoms with van der Waals surface area (Å²) in [7, 11) is -4.58. The molecule has 0 aliphatic heterocycles. The first kappa shape index (κ1) is 19.3. The summed E-state index contributed by atoms with van der Waals surface area (Å²) < 4.78 is 20.6. The molecule has 0 radical (unpaired) electrons. The first-order valence-electron chi connectivity index (χ1n) is 6.77. The minimum atomic E-state index is -4.58. The first-order valence-corrected chi connectivity index (χ1v) is 8.30. The number of phosphoric ester groups is 1. The lowest BCUT2D eigenvalue weighted by Gasteiger charge is -2.26. The molecular formula is C13H25O6P. The fraction of sp³-hybridized carbons (Fsp3) is 0.769. The second kappa shape index (κ2) is 9.29. The maximum absolute atomic E-state index is 11.6. The topological polar surface area (TPSA) is 93.1 Å². The number of hydrogen-bond acceptors (Lipinski definition) is 4. The van der Waals surface area contributed by atoms with Gasteiger partial charge in [-0.1, -0.05) is 33.3 Å².